The maximum atomic E-state index is 15.0. The van der Waals surface area contributed by atoms with Gasteiger partial charge in [0.15, 0.2) is 0 Å². The molecule has 0 saturated carbocycles. The van der Waals surface area contributed by atoms with Crippen molar-refractivity contribution in [3.05, 3.63) is 65.7 Å². The monoisotopic (exact) mass is 1140 g/mol. The lowest BCUT2D eigenvalue weighted by Gasteiger charge is -2.35. The van der Waals surface area contributed by atoms with E-state index >= 15 is 0 Å². The third-order valence-corrected chi connectivity index (χ3v) is 17.4. The largest absolute Gasteiger partial charge is 0.508 e. The molecule has 0 aliphatic carbocycles. The van der Waals surface area contributed by atoms with Gasteiger partial charge < -0.3 is 56.6 Å². The van der Waals surface area contributed by atoms with E-state index in [1.807, 2.05) is 40.7 Å². The number of nitrogens with zero attached hydrogens (tertiary/aromatic N) is 4. The van der Waals surface area contributed by atoms with Crippen molar-refractivity contribution in [1.82, 2.24) is 51.5 Å². The van der Waals surface area contributed by atoms with Crippen molar-refractivity contribution in [2.75, 3.05) is 26.2 Å². The van der Waals surface area contributed by atoms with Crippen LogP contribution in [0.1, 0.15) is 137 Å². The van der Waals surface area contributed by atoms with Crippen molar-refractivity contribution in [3.63, 3.8) is 0 Å². The molecule has 5 aliphatic heterocycles. The van der Waals surface area contributed by atoms with Crippen LogP contribution in [-0.4, -0.2) is 170 Å². The van der Waals surface area contributed by atoms with E-state index in [0.717, 1.165) is 0 Å². The van der Waals surface area contributed by atoms with Crippen molar-refractivity contribution in [2.24, 2.45) is 23.7 Å². The second kappa shape index (κ2) is 28.3. The van der Waals surface area contributed by atoms with Crippen LogP contribution in [0.25, 0.3) is 0 Å². The van der Waals surface area contributed by atoms with Crippen molar-refractivity contribution in [2.45, 2.75) is 199 Å². The zero-order valence-corrected chi connectivity index (χ0v) is 49.1. The summed E-state index contributed by atoms with van der Waals surface area (Å²) in [5, 5.41) is 27.6. The Morgan fingerprint density at radius 1 is 0.427 bits per heavy atom. The molecular formula is C61H88N10O11. The third kappa shape index (κ3) is 14.9. The first kappa shape index (κ1) is 62.5. The summed E-state index contributed by atoms with van der Waals surface area (Å²) in [6.45, 7) is 15.5. The van der Waals surface area contributed by atoms with Gasteiger partial charge in [-0.1, -0.05) is 111 Å². The molecule has 0 spiro atoms. The van der Waals surface area contributed by atoms with Gasteiger partial charge in [0.25, 0.3) is 0 Å². The number of carbonyl (C=O) groups excluding carboxylic acids is 10. The number of rotatable bonds is 11. The lowest BCUT2D eigenvalue weighted by atomic mass is 9.96. The van der Waals surface area contributed by atoms with Crippen LogP contribution in [0.4, 0.5) is 0 Å². The Morgan fingerprint density at radius 2 is 0.817 bits per heavy atom. The molecule has 2 aromatic carbocycles. The van der Waals surface area contributed by atoms with E-state index in [-0.39, 0.29) is 63.5 Å². The van der Waals surface area contributed by atoms with Crippen molar-refractivity contribution < 1.29 is 53.1 Å². The highest BCUT2D eigenvalue weighted by Gasteiger charge is 2.48. The van der Waals surface area contributed by atoms with Crippen LogP contribution in [0, 0.1) is 23.7 Å². The fourth-order valence-electron chi connectivity index (χ4n) is 12.2. The molecule has 12 atom stereocenters. The Morgan fingerprint density at radius 3 is 1.30 bits per heavy atom. The molecular weight excluding hydrogens is 1050 g/mol. The van der Waals surface area contributed by atoms with Gasteiger partial charge in [-0.3, -0.25) is 47.9 Å². The summed E-state index contributed by atoms with van der Waals surface area (Å²) >= 11 is 0. The van der Waals surface area contributed by atoms with Gasteiger partial charge in [-0.25, -0.2) is 0 Å². The van der Waals surface area contributed by atoms with Crippen LogP contribution in [-0.2, 0) is 60.8 Å². The van der Waals surface area contributed by atoms with Crippen LogP contribution in [0.2, 0.25) is 0 Å². The second-order valence-electron chi connectivity index (χ2n) is 24.1. The normalized spacial score (nSPS) is 28.8. The van der Waals surface area contributed by atoms with E-state index in [1.165, 1.54) is 31.7 Å². The fourth-order valence-corrected chi connectivity index (χ4v) is 12.2. The van der Waals surface area contributed by atoms with Crippen LogP contribution in [0.15, 0.2) is 54.6 Å². The van der Waals surface area contributed by atoms with E-state index in [9.17, 15) is 53.1 Å². The van der Waals surface area contributed by atoms with Gasteiger partial charge in [0.1, 0.15) is 66.2 Å². The first-order valence-electron chi connectivity index (χ1n) is 30.0. The summed E-state index contributed by atoms with van der Waals surface area (Å²) in [6.07, 6.45) is 4.15. The van der Waals surface area contributed by atoms with Gasteiger partial charge in [0.05, 0.1) is 0 Å². The van der Waals surface area contributed by atoms with Crippen LogP contribution < -0.4 is 31.9 Å². The highest BCUT2D eigenvalue weighted by Crippen LogP contribution is 2.30. The molecule has 10 amide bonds. The number of benzene rings is 2. The standard InChI is InChI=1S/C61H88N10O11/c1-9-37(7)50-57(78)63-43(33-39-18-12-11-13-19-39)52(73)65-49(36(5)6)56(77)64-44(32-35(3)4)58(79)70-30-16-22-47(70)59(80)68-28-14-20-45(68)54(75)62-42(34-40-24-26-41(72)27-25-40)53(74)67-51(38(8)10-2)61(82)71-31-17-23-48(71)60(81)69-29-15-21-46(69)55(76)66-50/h11-13,18-19,24-27,35-38,42-51,72H,9-10,14-17,20-23,28-34H2,1-8H3,(H,62,75)(H,63,78)(H,64,77)(H,65,73)(H,66,76)(H,67,74)/t37-,38+,42+,43+,44+,45-,46+,47-,48+,49+,50-,51+/m0/s1. The molecule has 0 unspecified atom stereocenters. The minimum absolute atomic E-state index is 0.00641. The van der Waals surface area contributed by atoms with Gasteiger partial charge in [0.2, 0.25) is 59.1 Å². The molecule has 2 aromatic rings. The SMILES string of the molecule is CC[C@@H](C)[C@H]1NC(=O)[C@@H](Cc2ccc(O)cc2)NC(=O)[C@@H]2CCCN2C(=O)[C@@H]2CCCN2C(=O)[C@@H](CC(C)C)NC(=O)[C@@H](C(C)C)NC(=O)[C@@H](Cc2ccccc2)NC(=O)[C@H]([C@@H](C)CC)NC(=O)[C@H]2CCCN2C(=O)[C@H]2CCCN2C1=O. The minimum atomic E-state index is -1.27. The molecule has 7 rings (SSSR count). The average molecular weight is 1140 g/mol. The summed E-state index contributed by atoms with van der Waals surface area (Å²) < 4.78 is 0. The number of carbonyl (C=O) groups is 10. The summed E-state index contributed by atoms with van der Waals surface area (Å²) in [7, 11) is 0. The first-order chi connectivity index (χ1) is 39.1. The number of nitrogens with one attached hydrogen (secondary N) is 6. The van der Waals surface area contributed by atoms with Crippen molar-refractivity contribution >= 4 is 59.1 Å². The van der Waals surface area contributed by atoms with Crippen molar-refractivity contribution in [1.29, 1.82) is 0 Å². The van der Waals surface area contributed by atoms with Gasteiger partial charge in [0, 0.05) is 39.0 Å². The van der Waals surface area contributed by atoms with E-state index in [2.05, 4.69) is 31.9 Å². The summed E-state index contributed by atoms with van der Waals surface area (Å²) in [5.74, 6) is -7.15. The summed E-state index contributed by atoms with van der Waals surface area (Å²) in [5.41, 5.74) is 1.30. The number of phenolic OH excluding ortho intramolecular Hbond substituents is 1. The zero-order valence-electron chi connectivity index (χ0n) is 49.1. The maximum absolute atomic E-state index is 15.0. The average Bonchev–Trinajstić information content (AvgIpc) is 4.51. The molecule has 5 heterocycles. The Balaban J connectivity index is 1.26. The third-order valence-electron chi connectivity index (χ3n) is 17.4. The number of hydrogen-bond donors (Lipinski definition) is 7. The topological polar surface area (TPSA) is 276 Å². The fraction of sp³-hybridized carbons (Fsp3) is 0.639. The van der Waals surface area contributed by atoms with Crippen LogP contribution >= 0.6 is 0 Å². The van der Waals surface area contributed by atoms with Crippen molar-refractivity contribution in [3.8, 4) is 5.75 Å². The number of amides is 10. The van der Waals surface area contributed by atoms with Gasteiger partial charge in [-0.15, -0.1) is 0 Å². The molecule has 5 aliphatic rings. The second-order valence-corrected chi connectivity index (χ2v) is 24.1. The summed E-state index contributed by atoms with van der Waals surface area (Å²) in [4.78, 5) is 153. The molecule has 7 N–H and O–H groups in total. The Bertz CT molecular complexity index is 2630. The van der Waals surface area contributed by atoms with E-state index in [1.54, 1.807) is 57.2 Å². The molecule has 448 valence electrons. The minimum Gasteiger partial charge on any atom is -0.508 e. The smallest absolute Gasteiger partial charge is 0.246 e. The lowest BCUT2D eigenvalue weighted by molar-refractivity contribution is -0.149. The molecule has 82 heavy (non-hydrogen) atoms. The van der Waals surface area contributed by atoms with Gasteiger partial charge in [-0.05, 0) is 105 Å². The van der Waals surface area contributed by atoms with Crippen LogP contribution in [0.3, 0.4) is 0 Å². The van der Waals surface area contributed by atoms with Gasteiger partial charge in [-0.2, -0.15) is 0 Å². The lowest BCUT2D eigenvalue weighted by Crippen LogP contribution is -2.62. The van der Waals surface area contributed by atoms with E-state index in [4.69, 9.17) is 0 Å². The van der Waals surface area contributed by atoms with E-state index < -0.39 is 137 Å². The Hall–Kier alpha value is -7.06. The quantitative estimate of drug-likeness (QED) is 0.172. The van der Waals surface area contributed by atoms with Gasteiger partial charge >= 0.3 is 0 Å². The zero-order chi connectivity index (χ0) is 59.5. The number of hydrogen-bond acceptors (Lipinski definition) is 11. The molecule has 5 saturated heterocycles. The Kier molecular flexibility index (Phi) is 21.6. The van der Waals surface area contributed by atoms with E-state index in [0.29, 0.717) is 68.9 Å². The predicted octanol–water partition coefficient (Wildman–Crippen LogP) is 2.86. The maximum Gasteiger partial charge on any atom is 0.246 e. The highest BCUT2D eigenvalue weighted by atomic mass is 16.3. The first-order valence-corrected chi connectivity index (χ1v) is 30.0. The number of aromatic hydroxyl groups is 1. The van der Waals surface area contributed by atoms with Crippen LogP contribution in [0.5, 0.6) is 5.75 Å². The molecule has 0 aromatic heterocycles. The molecule has 5 fully saturated rings. The molecule has 21 nitrogen and oxygen atoms in total. The summed E-state index contributed by atoms with van der Waals surface area (Å²) in [6, 6.07) is 4.18. The number of fused-ring (bicyclic) bond motifs is 4. The predicted molar refractivity (Wildman–Crippen MR) is 306 cm³/mol. The number of phenols is 1. The molecule has 21 heteroatoms. The molecule has 0 radical (unpaired) electrons. The Labute approximate surface area is 482 Å². The molecule has 0 bridgehead atoms. The highest BCUT2D eigenvalue weighted by molar-refractivity contribution is 6.00.